The molecule has 1 rings (SSSR count). The van der Waals surface area contributed by atoms with E-state index in [-0.39, 0.29) is 0 Å². The molecule has 1 aliphatic rings. The van der Waals surface area contributed by atoms with E-state index in [2.05, 4.69) is 38.3 Å². The number of rotatable bonds is 5. The Balaban J connectivity index is 2.35. The van der Waals surface area contributed by atoms with Gasteiger partial charge in [0.15, 0.2) is 0 Å². The van der Waals surface area contributed by atoms with Crippen LogP contribution in [-0.2, 0) is 0 Å². The van der Waals surface area contributed by atoms with Gasteiger partial charge in [-0.15, -0.1) is 0 Å². The van der Waals surface area contributed by atoms with Crippen molar-refractivity contribution in [3.63, 3.8) is 0 Å². The lowest BCUT2D eigenvalue weighted by Crippen LogP contribution is -2.38. The van der Waals surface area contributed by atoms with Crippen molar-refractivity contribution in [1.82, 2.24) is 10.2 Å². The Labute approximate surface area is 95.4 Å². The molecule has 0 radical (unpaired) electrons. The zero-order valence-corrected chi connectivity index (χ0v) is 10.9. The quantitative estimate of drug-likeness (QED) is 0.752. The van der Waals surface area contributed by atoms with Crippen molar-refractivity contribution < 1.29 is 0 Å². The zero-order valence-electron chi connectivity index (χ0n) is 10.9. The van der Waals surface area contributed by atoms with Crippen molar-refractivity contribution in [2.45, 2.75) is 45.1 Å². The lowest BCUT2D eigenvalue weighted by molar-refractivity contribution is 0.210. The van der Waals surface area contributed by atoms with E-state index in [1.165, 1.54) is 38.6 Å². The maximum absolute atomic E-state index is 3.52. The van der Waals surface area contributed by atoms with Gasteiger partial charge in [-0.2, -0.15) is 0 Å². The van der Waals surface area contributed by atoms with Crippen LogP contribution in [-0.4, -0.2) is 38.6 Å². The van der Waals surface area contributed by atoms with Crippen molar-refractivity contribution in [3.8, 4) is 0 Å². The molecule has 0 aromatic carbocycles. The molecule has 15 heavy (non-hydrogen) atoms. The first kappa shape index (κ1) is 13.0. The molecule has 0 saturated heterocycles. The molecule has 1 fully saturated rings. The highest BCUT2D eigenvalue weighted by Crippen LogP contribution is 2.31. The number of nitrogens with zero attached hydrogens (tertiary/aromatic N) is 1. The molecule has 1 N–H and O–H groups in total. The van der Waals surface area contributed by atoms with E-state index in [0.717, 1.165) is 17.9 Å². The highest BCUT2D eigenvalue weighted by atomic mass is 15.1. The highest BCUT2D eigenvalue weighted by Gasteiger charge is 2.25. The van der Waals surface area contributed by atoms with Crippen LogP contribution in [0, 0.1) is 11.8 Å². The van der Waals surface area contributed by atoms with Crippen molar-refractivity contribution in [1.29, 1.82) is 0 Å². The average Bonchev–Trinajstić information content (AvgIpc) is 2.18. The predicted molar refractivity (Wildman–Crippen MR) is 67.1 cm³/mol. The normalized spacial score (nSPS) is 29.4. The van der Waals surface area contributed by atoms with Crippen LogP contribution in [0.1, 0.15) is 39.0 Å². The molecule has 1 aliphatic carbocycles. The second-order valence-electron chi connectivity index (χ2n) is 5.52. The van der Waals surface area contributed by atoms with E-state index in [0.29, 0.717) is 0 Å². The first-order valence-corrected chi connectivity index (χ1v) is 6.45. The molecule has 3 atom stereocenters. The third-order valence-electron chi connectivity index (χ3n) is 3.80. The second kappa shape index (κ2) is 6.49. The summed E-state index contributed by atoms with van der Waals surface area (Å²) in [5, 5.41) is 3.52. The molecule has 0 aromatic heterocycles. The van der Waals surface area contributed by atoms with E-state index in [1.54, 1.807) is 0 Å². The summed E-state index contributed by atoms with van der Waals surface area (Å²) in [5.41, 5.74) is 0. The molecule has 2 heteroatoms. The molecular formula is C13H28N2. The molecule has 0 heterocycles. The summed E-state index contributed by atoms with van der Waals surface area (Å²) >= 11 is 0. The second-order valence-corrected chi connectivity index (χ2v) is 5.52. The van der Waals surface area contributed by atoms with Gasteiger partial charge in [-0.05, 0) is 58.8 Å². The van der Waals surface area contributed by atoms with Crippen LogP contribution in [0.2, 0.25) is 0 Å². The Hall–Kier alpha value is -0.0800. The predicted octanol–water partition coefficient (Wildman–Crippen LogP) is 2.35. The summed E-state index contributed by atoms with van der Waals surface area (Å²) in [5.74, 6) is 1.86. The van der Waals surface area contributed by atoms with Gasteiger partial charge < -0.3 is 10.2 Å². The maximum atomic E-state index is 3.52. The minimum Gasteiger partial charge on any atom is -0.317 e. The number of nitrogens with one attached hydrogen (secondary N) is 1. The van der Waals surface area contributed by atoms with E-state index in [9.17, 15) is 0 Å². The smallest absolute Gasteiger partial charge is 0.0105 e. The average molecular weight is 212 g/mol. The summed E-state index contributed by atoms with van der Waals surface area (Å²) in [6.07, 6.45) is 7.04. The molecule has 0 aromatic rings. The van der Waals surface area contributed by atoms with Gasteiger partial charge in [-0.1, -0.05) is 19.8 Å². The Morgan fingerprint density at radius 3 is 2.60 bits per heavy atom. The van der Waals surface area contributed by atoms with Gasteiger partial charge >= 0.3 is 0 Å². The van der Waals surface area contributed by atoms with E-state index < -0.39 is 0 Å². The van der Waals surface area contributed by atoms with Crippen LogP contribution < -0.4 is 5.32 Å². The Bertz CT molecular complexity index is 168. The minimum absolute atomic E-state index is 0.732. The topological polar surface area (TPSA) is 15.3 Å². The van der Waals surface area contributed by atoms with Crippen LogP contribution in [0.4, 0.5) is 0 Å². The molecule has 0 aliphatic heterocycles. The molecule has 0 amide bonds. The fourth-order valence-corrected chi connectivity index (χ4v) is 2.86. The zero-order chi connectivity index (χ0) is 11.3. The number of hydrogen-bond donors (Lipinski definition) is 1. The van der Waals surface area contributed by atoms with Gasteiger partial charge in [-0.25, -0.2) is 0 Å². The van der Waals surface area contributed by atoms with Crippen LogP contribution in [0.5, 0.6) is 0 Å². The van der Waals surface area contributed by atoms with Gasteiger partial charge in [-0.3, -0.25) is 0 Å². The largest absolute Gasteiger partial charge is 0.317 e. The molecule has 1 saturated carbocycles. The van der Waals surface area contributed by atoms with Crippen molar-refractivity contribution in [3.05, 3.63) is 0 Å². The van der Waals surface area contributed by atoms with E-state index in [4.69, 9.17) is 0 Å². The fourth-order valence-electron chi connectivity index (χ4n) is 2.86. The van der Waals surface area contributed by atoms with Crippen LogP contribution in [0.15, 0.2) is 0 Å². The molecular weight excluding hydrogens is 184 g/mol. The lowest BCUT2D eigenvalue weighted by atomic mass is 9.78. The lowest BCUT2D eigenvalue weighted by Gasteiger charge is -2.33. The van der Waals surface area contributed by atoms with Crippen molar-refractivity contribution in [2.75, 3.05) is 27.7 Å². The third-order valence-corrected chi connectivity index (χ3v) is 3.80. The van der Waals surface area contributed by atoms with Gasteiger partial charge in [0.1, 0.15) is 0 Å². The van der Waals surface area contributed by atoms with Crippen LogP contribution in [0.3, 0.4) is 0 Å². The summed E-state index contributed by atoms with van der Waals surface area (Å²) < 4.78 is 0. The van der Waals surface area contributed by atoms with Crippen molar-refractivity contribution in [2.24, 2.45) is 11.8 Å². The summed E-state index contributed by atoms with van der Waals surface area (Å²) in [6, 6.07) is 0.732. The molecule has 90 valence electrons. The van der Waals surface area contributed by atoms with E-state index in [1.807, 2.05) is 0 Å². The Morgan fingerprint density at radius 1 is 1.33 bits per heavy atom. The van der Waals surface area contributed by atoms with Crippen LogP contribution >= 0.6 is 0 Å². The van der Waals surface area contributed by atoms with Crippen LogP contribution in [0.25, 0.3) is 0 Å². The summed E-state index contributed by atoms with van der Waals surface area (Å²) in [4.78, 5) is 2.29. The number of hydrogen-bond acceptors (Lipinski definition) is 2. The first-order valence-electron chi connectivity index (χ1n) is 6.45. The highest BCUT2D eigenvalue weighted by molar-refractivity contribution is 4.81. The van der Waals surface area contributed by atoms with Gasteiger partial charge in [0.05, 0.1) is 0 Å². The molecule has 3 unspecified atom stereocenters. The van der Waals surface area contributed by atoms with Gasteiger partial charge in [0, 0.05) is 6.04 Å². The third kappa shape index (κ3) is 4.52. The van der Waals surface area contributed by atoms with E-state index >= 15 is 0 Å². The Morgan fingerprint density at radius 2 is 2.07 bits per heavy atom. The summed E-state index contributed by atoms with van der Waals surface area (Å²) in [6.45, 7) is 3.61. The standard InChI is InChI=1S/C13H28N2/c1-11-6-5-7-12(10-11)13(14-2)8-9-15(3)4/h11-14H,5-10H2,1-4H3. The molecule has 0 bridgehead atoms. The fraction of sp³-hybridized carbons (Fsp3) is 1.00. The van der Waals surface area contributed by atoms with Gasteiger partial charge in [0.2, 0.25) is 0 Å². The minimum atomic E-state index is 0.732. The maximum Gasteiger partial charge on any atom is 0.0105 e. The van der Waals surface area contributed by atoms with Gasteiger partial charge in [0.25, 0.3) is 0 Å². The van der Waals surface area contributed by atoms with Crippen molar-refractivity contribution >= 4 is 0 Å². The molecule has 0 spiro atoms. The SMILES string of the molecule is CNC(CCN(C)C)C1CCCC(C)C1. The Kier molecular flexibility index (Phi) is 5.62. The molecule has 2 nitrogen and oxygen atoms in total. The summed E-state index contributed by atoms with van der Waals surface area (Å²) in [7, 11) is 6.45. The monoisotopic (exact) mass is 212 g/mol. The first-order chi connectivity index (χ1) is 7.13.